The number of anilines is 1. The minimum Gasteiger partial charge on any atom is -0.465 e. The molecule has 0 bridgehead atoms. The van der Waals surface area contributed by atoms with Crippen LogP contribution in [0.3, 0.4) is 0 Å². The Bertz CT molecular complexity index is 395. The van der Waals surface area contributed by atoms with Crippen LogP contribution in [-0.2, 0) is 9.53 Å². The molecule has 1 rings (SSSR count). The average molecular weight is 251 g/mol. The lowest BCUT2D eigenvalue weighted by molar-refractivity contribution is -0.143. The van der Waals surface area contributed by atoms with E-state index in [1.54, 1.807) is 6.92 Å². The molecule has 18 heavy (non-hydrogen) atoms. The number of likely N-dealkylation sites (N-methyl/N-ethyl adjacent to an activating group) is 1. The Kier molecular flexibility index (Phi) is 5.50. The van der Waals surface area contributed by atoms with Gasteiger partial charge in [0.05, 0.1) is 12.3 Å². The van der Waals surface area contributed by atoms with Crippen molar-refractivity contribution in [3.8, 4) is 0 Å². The van der Waals surface area contributed by atoms with Crippen LogP contribution >= 0.6 is 0 Å². The number of para-hydroxylation sites is 1. The molecule has 2 amide bonds. The number of esters is 1. The fourth-order valence-corrected chi connectivity index (χ4v) is 1.21. The summed E-state index contributed by atoms with van der Waals surface area (Å²) in [5.41, 5.74) is 5.97. The molecule has 98 valence electrons. The first-order chi connectivity index (χ1) is 8.63. The molecule has 0 radical (unpaired) electrons. The zero-order chi connectivity index (χ0) is 13.4. The Morgan fingerprint density at radius 2 is 1.94 bits per heavy atom. The molecule has 1 aromatic rings. The number of hydrogen-bond acceptors (Lipinski definition) is 4. The third kappa shape index (κ3) is 4.73. The fourth-order valence-electron chi connectivity index (χ4n) is 1.21. The molecule has 0 saturated carbocycles. The predicted molar refractivity (Wildman–Crippen MR) is 67.9 cm³/mol. The number of carbonyl (C=O) groups is 2. The molecule has 0 fully saturated rings. The highest BCUT2D eigenvalue weighted by molar-refractivity contribution is 5.81. The Labute approximate surface area is 106 Å². The SMILES string of the molecule is CCOC(=O)CN(C)C(=O)NNc1ccccc1. The van der Waals surface area contributed by atoms with E-state index in [9.17, 15) is 9.59 Å². The molecule has 0 saturated heterocycles. The van der Waals surface area contributed by atoms with Crippen molar-refractivity contribution < 1.29 is 14.3 Å². The van der Waals surface area contributed by atoms with Crippen LogP contribution in [0.2, 0.25) is 0 Å². The number of carbonyl (C=O) groups excluding carboxylic acids is 2. The first kappa shape index (κ1) is 13.8. The van der Waals surface area contributed by atoms with Crippen LogP contribution in [0.15, 0.2) is 30.3 Å². The molecule has 0 aromatic heterocycles. The average Bonchev–Trinajstić information content (AvgIpc) is 2.37. The summed E-state index contributed by atoms with van der Waals surface area (Å²) in [7, 11) is 1.51. The van der Waals surface area contributed by atoms with Gasteiger partial charge in [-0.2, -0.15) is 0 Å². The molecule has 1 aromatic carbocycles. The third-order valence-corrected chi connectivity index (χ3v) is 2.11. The molecule has 6 heteroatoms. The van der Waals surface area contributed by atoms with E-state index in [1.807, 2.05) is 30.3 Å². The van der Waals surface area contributed by atoms with Gasteiger partial charge in [0, 0.05) is 7.05 Å². The Morgan fingerprint density at radius 3 is 2.56 bits per heavy atom. The summed E-state index contributed by atoms with van der Waals surface area (Å²) in [6.45, 7) is 1.93. The Balaban J connectivity index is 2.34. The third-order valence-electron chi connectivity index (χ3n) is 2.11. The van der Waals surface area contributed by atoms with Gasteiger partial charge in [-0.1, -0.05) is 18.2 Å². The molecular weight excluding hydrogens is 234 g/mol. The molecule has 0 aliphatic rings. The van der Waals surface area contributed by atoms with E-state index in [4.69, 9.17) is 4.74 Å². The van der Waals surface area contributed by atoms with Crippen molar-refractivity contribution in [2.75, 3.05) is 25.6 Å². The van der Waals surface area contributed by atoms with Gasteiger partial charge in [-0.25, -0.2) is 4.79 Å². The largest absolute Gasteiger partial charge is 0.465 e. The standard InChI is InChI=1S/C12H17N3O3/c1-3-18-11(16)9-15(2)12(17)14-13-10-7-5-4-6-8-10/h4-8,13H,3,9H2,1-2H3,(H,14,17). The van der Waals surface area contributed by atoms with E-state index < -0.39 is 12.0 Å². The maximum Gasteiger partial charge on any atom is 0.336 e. The van der Waals surface area contributed by atoms with Crippen molar-refractivity contribution in [3.05, 3.63) is 30.3 Å². The van der Waals surface area contributed by atoms with Gasteiger partial charge >= 0.3 is 12.0 Å². The van der Waals surface area contributed by atoms with Crippen LogP contribution in [0.4, 0.5) is 10.5 Å². The molecule has 2 N–H and O–H groups in total. The maximum absolute atomic E-state index is 11.6. The van der Waals surface area contributed by atoms with E-state index in [-0.39, 0.29) is 6.54 Å². The van der Waals surface area contributed by atoms with Gasteiger partial charge < -0.3 is 9.64 Å². The summed E-state index contributed by atoms with van der Waals surface area (Å²) in [5.74, 6) is -0.435. The number of nitrogens with zero attached hydrogens (tertiary/aromatic N) is 1. The summed E-state index contributed by atoms with van der Waals surface area (Å²) >= 11 is 0. The second kappa shape index (κ2) is 7.16. The molecule has 0 aliphatic heterocycles. The van der Waals surface area contributed by atoms with Crippen LogP contribution in [-0.4, -0.2) is 37.1 Å². The summed E-state index contributed by atoms with van der Waals surface area (Å²) in [6.07, 6.45) is 0. The summed E-state index contributed by atoms with van der Waals surface area (Å²) in [6, 6.07) is 8.78. The topological polar surface area (TPSA) is 70.7 Å². The Hall–Kier alpha value is -2.24. The summed E-state index contributed by atoms with van der Waals surface area (Å²) in [4.78, 5) is 24.0. The number of ether oxygens (including phenoxy) is 1. The predicted octanol–water partition coefficient (Wildman–Crippen LogP) is 1.22. The van der Waals surface area contributed by atoms with Gasteiger partial charge in [-0.05, 0) is 19.1 Å². The zero-order valence-corrected chi connectivity index (χ0v) is 10.5. The highest BCUT2D eigenvalue weighted by atomic mass is 16.5. The smallest absolute Gasteiger partial charge is 0.336 e. The highest BCUT2D eigenvalue weighted by Gasteiger charge is 2.12. The van der Waals surface area contributed by atoms with Crippen LogP contribution in [0.5, 0.6) is 0 Å². The molecule has 0 atom stereocenters. The Morgan fingerprint density at radius 1 is 1.28 bits per heavy atom. The number of hydrogen-bond donors (Lipinski definition) is 2. The molecular formula is C12H17N3O3. The van der Waals surface area contributed by atoms with Crippen molar-refractivity contribution in [3.63, 3.8) is 0 Å². The number of nitrogens with one attached hydrogen (secondary N) is 2. The van der Waals surface area contributed by atoms with E-state index >= 15 is 0 Å². The van der Waals surface area contributed by atoms with Crippen molar-refractivity contribution in [2.45, 2.75) is 6.92 Å². The van der Waals surface area contributed by atoms with Gasteiger partial charge in [0.1, 0.15) is 6.54 Å². The quantitative estimate of drug-likeness (QED) is 0.609. The minimum atomic E-state index is -0.435. The van der Waals surface area contributed by atoms with Gasteiger partial charge in [-0.15, -0.1) is 0 Å². The van der Waals surface area contributed by atoms with Gasteiger partial charge in [0.2, 0.25) is 0 Å². The van der Waals surface area contributed by atoms with Gasteiger partial charge in [0.25, 0.3) is 0 Å². The van der Waals surface area contributed by atoms with Crippen LogP contribution in [0.1, 0.15) is 6.92 Å². The van der Waals surface area contributed by atoms with Crippen molar-refractivity contribution in [1.82, 2.24) is 10.3 Å². The van der Waals surface area contributed by atoms with Crippen molar-refractivity contribution in [1.29, 1.82) is 0 Å². The molecule has 0 heterocycles. The summed E-state index contributed by atoms with van der Waals surface area (Å²) < 4.78 is 4.74. The van der Waals surface area contributed by atoms with E-state index in [2.05, 4.69) is 10.9 Å². The van der Waals surface area contributed by atoms with Gasteiger partial charge in [0.15, 0.2) is 0 Å². The number of amides is 2. The highest BCUT2D eigenvalue weighted by Crippen LogP contribution is 2.02. The van der Waals surface area contributed by atoms with Crippen LogP contribution < -0.4 is 10.9 Å². The van der Waals surface area contributed by atoms with Crippen molar-refractivity contribution >= 4 is 17.7 Å². The first-order valence-corrected chi connectivity index (χ1v) is 5.61. The lowest BCUT2D eigenvalue weighted by atomic mass is 10.3. The maximum atomic E-state index is 11.6. The van der Waals surface area contributed by atoms with E-state index in [1.165, 1.54) is 11.9 Å². The second-order valence-electron chi connectivity index (χ2n) is 3.58. The van der Waals surface area contributed by atoms with E-state index in [0.717, 1.165) is 5.69 Å². The van der Waals surface area contributed by atoms with Crippen LogP contribution in [0.25, 0.3) is 0 Å². The minimum absolute atomic E-state index is 0.0872. The lowest BCUT2D eigenvalue weighted by Crippen LogP contribution is -2.42. The molecule has 6 nitrogen and oxygen atoms in total. The fraction of sp³-hybridized carbons (Fsp3) is 0.333. The van der Waals surface area contributed by atoms with Crippen molar-refractivity contribution in [2.24, 2.45) is 0 Å². The van der Waals surface area contributed by atoms with E-state index in [0.29, 0.717) is 6.61 Å². The summed E-state index contributed by atoms with van der Waals surface area (Å²) in [5, 5.41) is 0. The number of rotatable bonds is 5. The second-order valence-corrected chi connectivity index (χ2v) is 3.58. The first-order valence-electron chi connectivity index (χ1n) is 5.61. The number of urea groups is 1. The van der Waals surface area contributed by atoms with Gasteiger partial charge in [-0.3, -0.25) is 15.6 Å². The lowest BCUT2D eigenvalue weighted by Gasteiger charge is -2.17. The zero-order valence-electron chi connectivity index (χ0n) is 10.5. The molecule has 0 unspecified atom stereocenters. The number of hydrazine groups is 1. The number of benzene rings is 1. The molecule has 0 aliphatic carbocycles. The normalized spacial score (nSPS) is 9.44. The van der Waals surface area contributed by atoms with Crippen LogP contribution in [0, 0.1) is 0 Å². The monoisotopic (exact) mass is 251 g/mol. The molecule has 0 spiro atoms.